The van der Waals surface area contributed by atoms with Crippen LogP contribution in [0.25, 0.3) is 0 Å². The monoisotopic (exact) mass is 384 g/mol. The molecule has 1 heterocycles. The van der Waals surface area contributed by atoms with Crippen LogP contribution in [-0.4, -0.2) is 29.3 Å². The van der Waals surface area contributed by atoms with E-state index in [1.54, 1.807) is 18.2 Å². The van der Waals surface area contributed by atoms with Crippen molar-refractivity contribution in [3.8, 4) is 0 Å². The summed E-state index contributed by atoms with van der Waals surface area (Å²) in [6.45, 7) is 3.23. The molecule has 0 spiro atoms. The maximum Gasteiger partial charge on any atom is 0.235 e. The van der Waals surface area contributed by atoms with Crippen LogP contribution in [0.4, 0.5) is 5.69 Å². The first-order valence-corrected chi connectivity index (χ1v) is 9.84. The van der Waals surface area contributed by atoms with E-state index < -0.39 is 0 Å². The van der Waals surface area contributed by atoms with Gasteiger partial charge in [-0.05, 0) is 54.7 Å². The largest absolute Gasteiger partial charge is 0.294 e. The van der Waals surface area contributed by atoms with Crippen molar-refractivity contribution in [3.63, 3.8) is 0 Å². The summed E-state index contributed by atoms with van der Waals surface area (Å²) in [7, 11) is 0. The Kier molecular flexibility index (Phi) is 3.57. The molecule has 2 saturated carbocycles. The van der Waals surface area contributed by atoms with Gasteiger partial charge in [0.25, 0.3) is 0 Å². The zero-order chi connectivity index (χ0) is 19.0. The molecule has 5 aliphatic rings. The fourth-order valence-corrected chi connectivity index (χ4v) is 5.70. The van der Waals surface area contributed by atoms with Gasteiger partial charge in [0.15, 0.2) is 0 Å². The first-order chi connectivity index (χ1) is 12.9. The van der Waals surface area contributed by atoms with Crippen molar-refractivity contribution in [1.29, 1.82) is 0 Å². The first kappa shape index (κ1) is 17.0. The number of hydrogen-bond donors (Lipinski definition) is 0. The van der Waals surface area contributed by atoms with E-state index in [1.807, 2.05) is 6.92 Å². The van der Waals surface area contributed by atoms with Gasteiger partial charge in [-0.2, -0.15) is 0 Å². The smallest absolute Gasteiger partial charge is 0.235 e. The van der Waals surface area contributed by atoms with Gasteiger partial charge < -0.3 is 0 Å². The van der Waals surface area contributed by atoms with Gasteiger partial charge in [0, 0.05) is 17.6 Å². The molecule has 2 bridgehead atoms. The Hall–Kier alpha value is -2.14. The minimum atomic E-state index is -0.245. The van der Waals surface area contributed by atoms with E-state index >= 15 is 0 Å². The second kappa shape index (κ2) is 5.68. The summed E-state index contributed by atoms with van der Waals surface area (Å²) in [4.78, 5) is 41.4. The molecular weight excluding hydrogens is 364 g/mol. The Morgan fingerprint density at radius 3 is 2.30 bits per heavy atom. The van der Waals surface area contributed by atoms with Gasteiger partial charge in [-0.1, -0.05) is 29.8 Å². The third-order valence-electron chi connectivity index (χ3n) is 6.95. The topological polar surface area (TPSA) is 57.7 Å². The van der Waals surface area contributed by atoms with E-state index in [1.165, 1.54) is 16.7 Å². The summed E-state index contributed by atoms with van der Waals surface area (Å²) in [5, 5.41) is 0.550. The lowest BCUT2D eigenvalue weighted by atomic mass is 9.63. The van der Waals surface area contributed by atoms with E-state index in [4.69, 9.17) is 11.6 Å². The first-order valence-electron chi connectivity index (χ1n) is 9.47. The molecule has 6 heteroatoms. The van der Waals surface area contributed by atoms with Crippen molar-refractivity contribution in [2.75, 3.05) is 11.6 Å². The van der Waals surface area contributed by atoms with Gasteiger partial charge >= 0.3 is 0 Å². The van der Waals surface area contributed by atoms with Crippen molar-refractivity contribution < 1.29 is 14.4 Å². The van der Waals surface area contributed by atoms with E-state index in [0.717, 1.165) is 12.0 Å². The predicted octanol–water partition coefficient (Wildman–Crippen LogP) is 3.01. The minimum absolute atomic E-state index is 0.0457. The SMILES string of the molecule is CC(=O)N(CN1C(=O)[C@@H]2[C@@H]3C=C[C@H]([C@H]4C[C@@H]34)[C@@H]2C1=O)c1cccc(Cl)c1C. The highest BCUT2D eigenvalue weighted by atomic mass is 35.5. The molecule has 27 heavy (non-hydrogen) atoms. The molecule has 1 aromatic carbocycles. The van der Waals surface area contributed by atoms with Crippen LogP contribution in [0, 0.1) is 42.4 Å². The summed E-state index contributed by atoms with van der Waals surface area (Å²) < 4.78 is 0. The molecule has 3 fully saturated rings. The van der Waals surface area contributed by atoms with Crippen LogP contribution in [0.5, 0.6) is 0 Å². The van der Waals surface area contributed by atoms with Crippen molar-refractivity contribution in [2.45, 2.75) is 20.3 Å². The zero-order valence-electron chi connectivity index (χ0n) is 15.3. The summed E-state index contributed by atoms with van der Waals surface area (Å²) in [6, 6.07) is 5.32. The van der Waals surface area contributed by atoms with Crippen LogP contribution in [0.3, 0.4) is 0 Å². The number of amides is 3. The van der Waals surface area contributed by atoms with Gasteiger partial charge in [-0.3, -0.25) is 24.2 Å². The maximum absolute atomic E-state index is 13.2. The highest BCUT2D eigenvalue weighted by Gasteiger charge is 2.67. The van der Waals surface area contributed by atoms with Gasteiger partial charge in [-0.25, -0.2) is 0 Å². The Bertz CT molecular complexity index is 875. The minimum Gasteiger partial charge on any atom is -0.294 e. The van der Waals surface area contributed by atoms with Crippen molar-refractivity contribution in [1.82, 2.24) is 4.90 Å². The fourth-order valence-electron chi connectivity index (χ4n) is 5.53. The molecule has 0 N–H and O–H groups in total. The molecular formula is C21H21ClN2O3. The summed E-state index contributed by atoms with van der Waals surface area (Å²) in [5.41, 5.74) is 1.39. The normalized spacial score (nSPS) is 35.3. The van der Waals surface area contributed by atoms with Crippen LogP contribution < -0.4 is 4.90 Å². The third-order valence-corrected chi connectivity index (χ3v) is 7.36. The van der Waals surface area contributed by atoms with Gasteiger partial charge in [0.05, 0.1) is 11.8 Å². The van der Waals surface area contributed by atoms with Crippen LogP contribution in [0.1, 0.15) is 18.9 Å². The number of carbonyl (C=O) groups is 3. The van der Waals surface area contributed by atoms with Crippen molar-refractivity contribution >= 4 is 35.0 Å². The number of hydrogen-bond acceptors (Lipinski definition) is 3. The number of benzene rings is 1. The quantitative estimate of drug-likeness (QED) is 0.594. The average molecular weight is 385 g/mol. The fraction of sp³-hybridized carbons (Fsp3) is 0.476. The molecule has 1 aliphatic heterocycles. The van der Waals surface area contributed by atoms with Gasteiger partial charge in [0.2, 0.25) is 17.7 Å². The number of carbonyl (C=O) groups excluding carboxylic acids is 3. The highest BCUT2D eigenvalue weighted by Crippen LogP contribution is 2.65. The lowest BCUT2D eigenvalue weighted by Gasteiger charge is -2.37. The van der Waals surface area contributed by atoms with Gasteiger partial charge in [-0.15, -0.1) is 0 Å². The number of imide groups is 1. The Morgan fingerprint density at radius 1 is 1.15 bits per heavy atom. The maximum atomic E-state index is 13.2. The van der Waals surface area contributed by atoms with E-state index in [2.05, 4.69) is 12.2 Å². The van der Waals surface area contributed by atoms with Gasteiger partial charge in [0.1, 0.15) is 6.67 Å². The molecule has 5 nitrogen and oxygen atoms in total. The Balaban J connectivity index is 1.47. The number of anilines is 1. The molecule has 140 valence electrons. The van der Waals surface area contributed by atoms with Crippen LogP contribution >= 0.6 is 11.6 Å². The number of allylic oxidation sites excluding steroid dienone is 2. The lowest BCUT2D eigenvalue weighted by molar-refractivity contribution is -0.140. The van der Waals surface area contributed by atoms with Crippen LogP contribution in [0.15, 0.2) is 30.4 Å². The van der Waals surface area contributed by atoms with E-state index in [-0.39, 0.29) is 48.1 Å². The molecule has 0 aromatic heterocycles. The molecule has 4 aliphatic carbocycles. The number of likely N-dealkylation sites (tertiary alicyclic amines) is 1. The summed E-state index contributed by atoms with van der Waals surface area (Å²) in [5.74, 6) is 0.543. The standard InChI is InChI=1S/C21H21ClN2O3/c1-10-16(22)4-3-5-17(10)23(11(2)25)9-24-20(26)18-12-6-7-13(15-8-14(12)15)19(18)21(24)27/h3-7,12-15,18-19H,8-9H2,1-2H3/t12-,13-,14-,15+,18+,19-/m1/s1. The summed E-state index contributed by atoms with van der Waals surface area (Å²) >= 11 is 6.21. The Morgan fingerprint density at radius 2 is 1.74 bits per heavy atom. The highest BCUT2D eigenvalue weighted by molar-refractivity contribution is 6.31. The zero-order valence-corrected chi connectivity index (χ0v) is 16.0. The second-order valence-electron chi connectivity index (χ2n) is 8.23. The lowest BCUT2D eigenvalue weighted by Crippen LogP contribution is -2.44. The van der Waals surface area contributed by atoms with Crippen molar-refractivity contribution in [3.05, 3.63) is 40.9 Å². The molecule has 0 unspecified atom stereocenters. The molecule has 0 radical (unpaired) electrons. The van der Waals surface area contributed by atoms with Crippen molar-refractivity contribution in [2.24, 2.45) is 35.5 Å². The third kappa shape index (κ3) is 2.27. The predicted molar refractivity (Wildman–Crippen MR) is 101 cm³/mol. The molecule has 1 aromatic rings. The van der Waals surface area contributed by atoms with E-state index in [0.29, 0.717) is 22.5 Å². The van der Waals surface area contributed by atoms with E-state index in [9.17, 15) is 14.4 Å². The number of rotatable bonds is 3. The second-order valence-corrected chi connectivity index (χ2v) is 8.64. The molecule has 1 saturated heterocycles. The molecule has 6 rings (SSSR count). The van der Waals surface area contributed by atoms with Crippen LogP contribution in [-0.2, 0) is 14.4 Å². The number of nitrogens with zero attached hydrogens (tertiary/aromatic N) is 2. The van der Waals surface area contributed by atoms with Crippen LogP contribution in [0.2, 0.25) is 5.02 Å². The number of halogens is 1. The molecule has 3 amide bonds. The average Bonchev–Trinajstić information content (AvgIpc) is 3.42. The summed E-state index contributed by atoms with van der Waals surface area (Å²) in [6.07, 6.45) is 5.44. The Labute approximate surface area is 163 Å². The molecule has 6 atom stereocenters.